The van der Waals surface area contributed by atoms with Crippen LogP contribution in [0.25, 0.3) is 0 Å². The number of amides is 1. The van der Waals surface area contributed by atoms with E-state index in [9.17, 15) is 13.2 Å². The highest BCUT2D eigenvalue weighted by Crippen LogP contribution is 2.19. The Labute approximate surface area is 120 Å². The van der Waals surface area contributed by atoms with Gasteiger partial charge in [-0.25, -0.2) is 8.42 Å². The fraction of sp³-hybridized carbons (Fsp3) is 0.417. The van der Waals surface area contributed by atoms with E-state index in [1.165, 1.54) is 0 Å². The number of halogens is 1. The van der Waals surface area contributed by atoms with Crippen molar-refractivity contribution in [3.05, 3.63) is 33.4 Å². The molecule has 0 spiro atoms. The molecule has 1 heterocycles. The minimum Gasteiger partial charge on any atom is -0.338 e. The lowest BCUT2D eigenvalue weighted by Gasteiger charge is -2.23. The molecule has 18 heavy (non-hydrogen) atoms. The molecule has 1 aliphatic heterocycles. The topological polar surface area (TPSA) is 54.5 Å². The molecule has 1 aromatic rings. The molecule has 0 aliphatic carbocycles. The number of carbonyl (C=O) groups excluding carboxylic acids is 1. The molecule has 1 aliphatic rings. The maximum atomic E-state index is 12.2. The van der Waals surface area contributed by atoms with Gasteiger partial charge in [-0.05, 0) is 47.2 Å². The minimum absolute atomic E-state index is 0.0825. The van der Waals surface area contributed by atoms with E-state index >= 15 is 0 Å². The number of nitrogens with zero attached hydrogens (tertiary/aromatic N) is 1. The summed E-state index contributed by atoms with van der Waals surface area (Å²) < 4.78 is 23.8. The largest absolute Gasteiger partial charge is 0.338 e. The Morgan fingerprint density at radius 2 is 2.17 bits per heavy atom. The molecule has 0 radical (unpaired) electrons. The predicted octanol–water partition coefficient (Wildman–Crippen LogP) is 1.55. The first-order chi connectivity index (χ1) is 8.39. The van der Waals surface area contributed by atoms with Gasteiger partial charge in [0, 0.05) is 22.2 Å². The van der Waals surface area contributed by atoms with Crippen LogP contribution in [0.3, 0.4) is 0 Å². The van der Waals surface area contributed by atoms with Crippen LogP contribution in [0.1, 0.15) is 16.8 Å². The lowest BCUT2D eigenvalue weighted by Crippen LogP contribution is -2.37. The van der Waals surface area contributed by atoms with Gasteiger partial charge in [-0.3, -0.25) is 4.79 Å². The molecule has 98 valence electrons. The summed E-state index contributed by atoms with van der Waals surface area (Å²) in [5, 5.41) is 0. The maximum absolute atomic E-state index is 12.2. The second kappa shape index (κ2) is 5.16. The van der Waals surface area contributed by atoms with E-state index < -0.39 is 9.84 Å². The minimum atomic E-state index is -2.96. The van der Waals surface area contributed by atoms with E-state index in [4.69, 9.17) is 0 Å². The van der Waals surface area contributed by atoms with Gasteiger partial charge in [0.25, 0.3) is 5.91 Å². The summed E-state index contributed by atoms with van der Waals surface area (Å²) >= 11 is 2.15. The van der Waals surface area contributed by atoms with E-state index in [1.54, 1.807) is 18.0 Å². The van der Waals surface area contributed by atoms with Crippen LogP contribution in [-0.4, -0.2) is 43.8 Å². The van der Waals surface area contributed by atoms with Crippen LogP contribution < -0.4 is 0 Å². The average molecular weight is 379 g/mol. The zero-order valence-electron chi connectivity index (χ0n) is 9.97. The Bertz CT molecular complexity index is 570. The van der Waals surface area contributed by atoms with Crippen molar-refractivity contribution in [3.8, 4) is 0 Å². The van der Waals surface area contributed by atoms with E-state index in [0.29, 0.717) is 12.0 Å². The van der Waals surface area contributed by atoms with Gasteiger partial charge >= 0.3 is 0 Å². The third-order valence-corrected chi connectivity index (χ3v) is 5.57. The Hall–Kier alpha value is -0.630. The molecular formula is C12H14INO3S. The summed E-state index contributed by atoms with van der Waals surface area (Å²) in [6.45, 7) is 0. The molecule has 0 aromatic heterocycles. The van der Waals surface area contributed by atoms with Crippen molar-refractivity contribution in [3.63, 3.8) is 0 Å². The summed E-state index contributed by atoms with van der Waals surface area (Å²) in [6, 6.07) is 7.11. The lowest BCUT2D eigenvalue weighted by molar-refractivity contribution is 0.0747. The number of hydrogen-bond donors (Lipinski definition) is 0. The highest BCUT2D eigenvalue weighted by molar-refractivity contribution is 14.1. The molecular weight excluding hydrogens is 365 g/mol. The Morgan fingerprint density at radius 1 is 1.44 bits per heavy atom. The quantitative estimate of drug-likeness (QED) is 0.733. The smallest absolute Gasteiger partial charge is 0.253 e. The molecule has 0 saturated carbocycles. The number of sulfone groups is 1. The Kier molecular flexibility index (Phi) is 3.96. The van der Waals surface area contributed by atoms with Gasteiger partial charge in [-0.1, -0.05) is 6.07 Å². The van der Waals surface area contributed by atoms with Crippen LogP contribution in [0.2, 0.25) is 0 Å². The molecule has 2 rings (SSSR count). The van der Waals surface area contributed by atoms with E-state index in [-0.39, 0.29) is 23.5 Å². The van der Waals surface area contributed by atoms with Crippen molar-refractivity contribution in [1.29, 1.82) is 0 Å². The van der Waals surface area contributed by atoms with Gasteiger partial charge in [0.05, 0.1) is 11.5 Å². The monoisotopic (exact) mass is 379 g/mol. The van der Waals surface area contributed by atoms with Crippen LogP contribution >= 0.6 is 22.6 Å². The van der Waals surface area contributed by atoms with Gasteiger partial charge in [0.2, 0.25) is 0 Å². The molecule has 1 atom stereocenters. The fourth-order valence-corrected chi connectivity index (χ4v) is 4.39. The first kappa shape index (κ1) is 13.8. The molecule has 6 heteroatoms. The van der Waals surface area contributed by atoms with Gasteiger partial charge < -0.3 is 4.90 Å². The SMILES string of the molecule is CN(C(=O)c1cccc(I)c1)C1CCS(=O)(=O)C1. The van der Waals surface area contributed by atoms with Gasteiger partial charge in [0.1, 0.15) is 0 Å². The maximum Gasteiger partial charge on any atom is 0.253 e. The van der Waals surface area contributed by atoms with Crippen molar-refractivity contribution < 1.29 is 13.2 Å². The van der Waals surface area contributed by atoms with E-state index in [2.05, 4.69) is 22.6 Å². The van der Waals surface area contributed by atoms with Crippen LogP contribution in [0, 0.1) is 3.57 Å². The van der Waals surface area contributed by atoms with Crippen molar-refractivity contribution >= 4 is 38.3 Å². The first-order valence-electron chi connectivity index (χ1n) is 5.62. The van der Waals surface area contributed by atoms with Crippen molar-refractivity contribution in [1.82, 2.24) is 4.90 Å². The summed E-state index contributed by atoms with van der Waals surface area (Å²) in [5.41, 5.74) is 0.605. The number of rotatable bonds is 2. The van der Waals surface area contributed by atoms with Crippen LogP contribution in [0.4, 0.5) is 0 Å². The van der Waals surface area contributed by atoms with Crippen LogP contribution in [0.5, 0.6) is 0 Å². The lowest BCUT2D eigenvalue weighted by atomic mass is 10.1. The van der Waals surface area contributed by atoms with Gasteiger partial charge in [0.15, 0.2) is 9.84 Å². The third kappa shape index (κ3) is 3.03. The average Bonchev–Trinajstić information content (AvgIpc) is 2.68. The summed E-state index contributed by atoms with van der Waals surface area (Å²) in [7, 11) is -1.29. The van der Waals surface area contributed by atoms with Crippen LogP contribution in [-0.2, 0) is 9.84 Å². The summed E-state index contributed by atoms with van der Waals surface area (Å²) in [5.74, 6) is 0.149. The first-order valence-corrected chi connectivity index (χ1v) is 8.52. The van der Waals surface area contributed by atoms with Crippen molar-refractivity contribution in [2.45, 2.75) is 12.5 Å². The molecule has 1 aromatic carbocycles. The van der Waals surface area contributed by atoms with Gasteiger partial charge in [-0.2, -0.15) is 0 Å². The summed E-state index contributed by atoms with van der Waals surface area (Å²) in [6.07, 6.45) is 0.536. The van der Waals surface area contributed by atoms with E-state index in [0.717, 1.165) is 3.57 Å². The zero-order chi connectivity index (χ0) is 13.3. The van der Waals surface area contributed by atoms with Crippen molar-refractivity contribution in [2.75, 3.05) is 18.6 Å². The molecule has 0 bridgehead atoms. The molecule has 1 unspecified atom stereocenters. The normalized spacial score (nSPS) is 21.8. The third-order valence-electron chi connectivity index (χ3n) is 3.15. The Morgan fingerprint density at radius 3 is 2.72 bits per heavy atom. The van der Waals surface area contributed by atoms with Crippen molar-refractivity contribution in [2.24, 2.45) is 0 Å². The Balaban J connectivity index is 2.15. The van der Waals surface area contributed by atoms with E-state index in [1.807, 2.05) is 18.2 Å². The molecule has 1 saturated heterocycles. The summed E-state index contributed by atoms with van der Waals surface area (Å²) in [4.78, 5) is 13.8. The van der Waals surface area contributed by atoms with Crippen LogP contribution in [0.15, 0.2) is 24.3 Å². The molecule has 4 nitrogen and oxygen atoms in total. The number of carbonyl (C=O) groups is 1. The molecule has 1 fully saturated rings. The zero-order valence-corrected chi connectivity index (χ0v) is 12.9. The fourth-order valence-electron chi connectivity index (χ4n) is 2.07. The van der Waals surface area contributed by atoms with Gasteiger partial charge in [-0.15, -0.1) is 0 Å². The highest BCUT2D eigenvalue weighted by atomic mass is 127. The predicted molar refractivity (Wildman–Crippen MR) is 78.3 cm³/mol. The highest BCUT2D eigenvalue weighted by Gasteiger charge is 2.32. The number of benzene rings is 1. The number of hydrogen-bond acceptors (Lipinski definition) is 3. The standard InChI is InChI=1S/C12H14INO3S/c1-14(11-5-6-18(16,17)8-11)12(15)9-3-2-4-10(13)7-9/h2-4,7,11H,5-6,8H2,1H3. The molecule has 0 N–H and O–H groups in total. The second-order valence-electron chi connectivity index (χ2n) is 4.48. The second-order valence-corrected chi connectivity index (χ2v) is 7.96. The molecule has 1 amide bonds.